The fraction of sp³-hybridized carbons (Fsp3) is 0.267. The minimum atomic E-state index is -1.33. The zero-order chi connectivity index (χ0) is 17.4. The fourth-order valence-corrected chi connectivity index (χ4v) is 2.82. The number of imide groups is 1. The average molecular weight is 331 g/mol. The number of rotatable bonds is 3. The Morgan fingerprint density at radius 3 is 2.25 bits per heavy atom. The van der Waals surface area contributed by atoms with Gasteiger partial charge in [0.2, 0.25) is 5.91 Å². The summed E-state index contributed by atoms with van der Waals surface area (Å²) in [5, 5.41) is 9.50. The molecule has 0 aliphatic carbocycles. The normalized spacial score (nSPS) is 20.8. The van der Waals surface area contributed by atoms with Gasteiger partial charge in [-0.1, -0.05) is 12.1 Å². The van der Waals surface area contributed by atoms with Gasteiger partial charge in [-0.05, 0) is 18.6 Å². The number of carbonyl (C=O) groups is 5. The summed E-state index contributed by atoms with van der Waals surface area (Å²) < 4.78 is 0. The Bertz CT molecular complexity index is 739. The third kappa shape index (κ3) is 2.49. The molecule has 1 atom stereocenters. The maximum atomic E-state index is 12.6. The molecule has 2 N–H and O–H groups in total. The number of benzene rings is 1. The summed E-state index contributed by atoms with van der Waals surface area (Å²) in [6.07, 6.45) is -0.174. The minimum absolute atomic E-state index is 0.0632. The van der Waals surface area contributed by atoms with Crippen molar-refractivity contribution in [3.05, 3.63) is 35.4 Å². The van der Waals surface area contributed by atoms with Crippen molar-refractivity contribution >= 4 is 29.6 Å². The lowest BCUT2D eigenvalue weighted by Gasteiger charge is -2.27. The quantitative estimate of drug-likeness (QED) is 0.712. The summed E-state index contributed by atoms with van der Waals surface area (Å²) in [5.74, 6) is -3.94. The molecule has 0 bridgehead atoms. The summed E-state index contributed by atoms with van der Waals surface area (Å²) in [7, 11) is 0. The van der Waals surface area contributed by atoms with Crippen LogP contribution < -0.4 is 5.43 Å². The van der Waals surface area contributed by atoms with Crippen LogP contribution in [0.5, 0.6) is 0 Å². The molecule has 24 heavy (non-hydrogen) atoms. The van der Waals surface area contributed by atoms with Crippen molar-refractivity contribution < 1.29 is 29.1 Å². The highest BCUT2D eigenvalue weighted by molar-refractivity contribution is 6.23. The second kappa shape index (κ2) is 5.76. The first-order chi connectivity index (χ1) is 11.4. The Morgan fingerprint density at radius 1 is 1.12 bits per heavy atom. The summed E-state index contributed by atoms with van der Waals surface area (Å²) in [6.45, 7) is -0.760. The Hall–Kier alpha value is -3.23. The van der Waals surface area contributed by atoms with E-state index in [2.05, 4.69) is 5.43 Å². The number of hydrogen-bond acceptors (Lipinski definition) is 5. The molecule has 0 saturated carbocycles. The molecule has 1 fully saturated rings. The lowest BCUT2D eigenvalue weighted by atomic mass is 10.1. The topological polar surface area (TPSA) is 124 Å². The van der Waals surface area contributed by atoms with E-state index in [-0.39, 0.29) is 24.0 Å². The van der Waals surface area contributed by atoms with Crippen LogP contribution in [0.1, 0.15) is 33.6 Å². The molecular formula is C15H13N3O6. The van der Waals surface area contributed by atoms with Crippen LogP contribution in [0.4, 0.5) is 0 Å². The predicted molar refractivity (Wildman–Crippen MR) is 77.5 cm³/mol. The molecule has 4 amide bonds. The third-order valence-corrected chi connectivity index (χ3v) is 3.89. The molecule has 0 spiro atoms. The Labute approximate surface area is 135 Å². The van der Waals surface area contributed by atoms with E-state index in [4.69, 9.17) is 5.11 Å². The highest BCUT2D eigenvalue weighted by atomic mass is 16.4. The maximum Gasteiger partial charge on any atom is 0.325 e. The van der Waals surface area contributed by atoms with Crippen LogP contribution in [0.15, 0.2) is 24.3 Å². The largest absolute Gasteiger partial charge is 0.480 e. The van der Waals surface area contributed by atoms with E-state index in [1.165, 1.54) is 12.1 Å². The van der Waals surface area contributed by atoms with Gasteiger partial charge in [0.1, 0.15) is 12.6 Å². The van der Waals surface area contributed by atoms with Crippen LogP contribution in [-0.2, 0) is 14.4 Å². The smallest absolute Gasteiger partial charge is 0.325 e. The Kier molecular flexibility index (Phi) is 3.76. The Morgan fingerprint density at radius 2 is 1.71 bits per heavy atom. The van der Waals surface area contributed by atoms with E-state index in [0.717, 1.165) is 4.90 Å². The number of carboxylic acid groups (broad SMARTS) is 1. The van der Waals surface area contributed by atoms with Crippen LogP contribution >= 0.6 is 0 Å². The van der Waals surface area contributed by atoms with Crippen LogP contribution in [0.25, 0.3) is 0 Å². The molecule has 9 nitrogen and oxygen atoms in total. The van der Waals surface area contributed by atoms with E-state index in [1.54, 1.807) is 12.1 Å². The predicted octanol–water partition coefficient (Wildman–Crippen LogP) is -0.611. The van der Waals surface area contributed by atoms with Crippen molar-refractivity contribution in [3.8, 4) is 0 Å². The summed E-state index contributed by atoms with van der Waals surface area (Å²) in [5.41, 5.74) is 2.55. The molecule has 2 aliphatic heterocycles. The number of hydrazine groups is 1. The number of hydrogen-bond donors (Lipinski definition) is 2. The standard InChI is InChI=1S/C15H13N3O6/c19-11-6-5-10(15(24)17(16-11)7-12(20)21)18-13(22)8-3-1-2-4-9(8)14(18)23/h1-4,10H,5-7H2,(H,16,19)(H,20,21). The van der Waals surface area contributed by atoms with Crippen LogP contribution in [0.3, 0.4) is 0 Å². The van der Waals surface area contributed by atoms with Crippen LogP contribution in [0, 0.1) is 0 Å². The first-order valence-corrected chi connectivity index (χ1v) is 7.19. The van der Waals surface area contributed by atoms with Gasteiger partial charge >= 0.3 is 5.97 Å². The zero-order valence-electron chi connectivity index (χ0n) is 12.4. The van der Waals surface area contributed by atoms with Crippen molar-refractivity contribution in [1.82, 2.24) is 15.3 Å². The van der Waals surface area contributed by atoms with Crippen molar-refractivity contribution in [2.24, 2.45) is 0 Å². The number of aliphatic carboxylic acids is 1. The van der Waals surface area contributed by atoms with Gasteiger partial charge in [-0.25, -0.2) is 5.01 Å². The lowest BCUT2D eigenvalue weighted by Crippen LogP contribution is -2.54. The molecular weight excluding hydrogens is 318 g/mol. The van der Waals surface area contributed by atoms with Crippen molar-refractivity contribution in [2.75, 3.05) is 6.54 Å². The lowest BCUT2D eigenvalue weighted by molar-refractivity contribution is -0.150. The Balaban J connectivity index is 1.95. The molecule has 3 rings (SSSR count). The third-order valence-electron chi connectivity index (χ3n) is 3.89. The molecule has 1 saturated heterocycles. The van der Waals surface area contributed by atoms with Crippen LogP contribution in [0.2, 0.25) is 0 Å². The number of nitrogens with one attached hydrogen (secondary N) is 1. The summed E-state index contributed by atoms with van der Waals surface area (Å²) >= 11 is 0. The summed E-state index contributed by atoms with van der Waals surface area (Å²) in [4.78, 5) is 60.9. The number of amides is 4. The molecule has 2 aliphatic rings. The van der Waals surface area contributed by atoms with E-state index in [9.17, 15) is 24.0 Å². The number of carbonyl (C=O) groups excluding carboxylic acids is 4. The van der Waals surface area contributed by atoms with E-state index >= 15 is 0 Å². The monoisotopic (exact) mass is 331 g/mol. The van der Waals surface area contributed by atoms with Gasteiger partial charge in [0.25, 0.3) is 17.7 Å². The van der Waals surface area contributed by atoms with Crippen molar-refractivity contribution in [1.29, 1.82) is 0 Å². The average Bonchev–Trinajstić information content (AvgIpc) is 2.70. The van der Waals surface area contributed by atoms with Crippen molar-refractivity contribution in [3.63, 3.8) is 0 Å². The van der Waals surface area contributed by atoms with Gasteiger partial charge in [0.05, 0.1) is 11.1 Å². The van der Waals surface area contributed by atoms with E-state index in [0.29, 0.717) is 5.01 Å². The number of nitrogens with zero attached hydrogens (tertiary/aromatic N) is 2. The van der Waals surface area contributed by atoms with Crippen molar-refractivity contribution in [2.45, 2.75) is 18.9 Å². The van der Waals surface area contributed by atoms with Gasteiger partial charge < -0.3 is 5.11 Å². The van der Waals surface area contributed by atoms with Gasteiger partial charge in [-0.15, -0.1) is 0 Å². The molecule has 1 unspecified atom stereocenters. The first kappa shape index (κ1) is 15.7. The maximum absolute atomic E-state index is 12.6. The molecule has 0 aromatic heterocycles. The van der Waals surface area contributed by atoms with E-state index in [1.807, 2.05) is 0 Å². The SMILES string of the molecule is O=C(O)CN1NC(=O)CCC(N2C(=O)c3ccccc3C2=O)C1=O. The summed E-state index contributed by atoms with van der Waals surface area (Å²) in [6, 6.07) is 4.94. The zero-order valence-corrected chi connectivity index (χ0v) is 12.4. The van der Waals surface area contributed by atoms with Gasteiger partial charge in [-0.2, -0.15) is 0 Å². The second-order valence-electron chi connectivity index (χ2n) is 5.43. The molecule has 2 heterocycles. The molecule has 0 radical (unpaired) electrons. The van der Waals surface area contributed by atoms with Gasteiger partial charge in [-0.3, -0.25) is 34.3 Å². The van der Waals surface area contributed by atoms with Crippen LogP contribution in [-0.4, -0.2) is 57.2 Å². The van der Waals surface area contributed by atoms with Gasteiger partial charge in [0, 0.05) is 6.42 Å². The van der Waals surface area contributed by atoms with Gasteiger partial charge in [0.15, 0.2) is 0 Å². The number of carboxylic acids is 1. The molecule has 9 heteroatoms. The highest BCUT2D eigenvalue weighted by Crippen LogP contribution is 2.27. The molecule has 1 aromatic carbocycles. The first-order valence-electron chi connectivity index (χ1n) is 7.19. The van der Waals surface area contributed by atoms with E-state index < -0.39 is 42.2 Å². The fourth-order valence-electron chi connectivity index (χ4n) is 2.82. The molecule has 124 valence electrons. The minimum Gasteiger partial charge on any atom is -0.480 e. The molecule has 1 aromatic rings. The number of fused-ring (bicyclic) bond motifs is 1. The highest BCUT2D eigenvalue weighted by Gasteiger charge is 2.45. The second-order valence-corrected chi connectivity index (χ2v) is 5.43.